The van der Waals surface area contributed by atoms with E-state index in [1.165, 1.54) is 13.2 Å². The summed E-state index contributed by atoms with van der Waals surface area (Å²) in [6.07, 6.45) is 0. The lowest BCUT2D eigenvalue weighted by Gasteiger charge is -2.18. The summed E-state index contributed by atoms with van der Waals surface area (Å²) >= 11 is -1.45. The van der Waals surface area contributed by atoms with E-state index >= 15 is 0 Å². The number of rotatable bonds is 5. The highest BCUT2D eigenvalue weighted by molar-refractivity contribution is 7.92. The molecular weight excluding hydrogens is 303 g/mol. The van der Waals surface area contributed by atoms with E-state index in [1.54, 1.807) is 19.1 Å². The Kier molecular flexibility index (Phi) is 5.57. The van der Waals surface area contributed by atoms with Gasteiger partial charge in [-0.1, -0.05) is 42.5 Å². The van der Waals surface area contributed by atoms with Gasteiger partial charge in [-0.3, -0.25) is 0 Å². The Bertz CT molecular complexity index is 646. The highest BCUT2D eigenvalue weighted by atomic mass is 32.2. The van der Waals surface area contributed by atoms with E-state index in [4.69, 9.17) is 0 Å². The maximum absolute atomic E-state index is 14.3. The lowest BCUT2D eigenvalue weighted by atomic mass is 10.0. The summed E-state index contributed by atoms with van der Waals surface area (Å²) in [5.41, 5.74) is 1.88. The van der Waals surface area contributed by atoms with Crippen molar-refractivity contribution in [1.29, 1.82) is 0 Å². The van der Waals surface area contributed by atoms with Crippen LogP contribution in [0.3, 0.4) is 0 Å². The van der Waals surface area contributed by atoms with Crippen LogP contribution in [0.15, 0.2) is 48.5 Å². The molecule has 0 spiro atoms. The number of benzene rings is 2. The zero-order valence-electron chi connectivity index (χ0n) is 12.4. The van der Waals surface area contributed by atoms with Crippen LogP contribution in [0.2, 0.25) is 0 Å². The lowest BCUT2D eigenvalue weighted by molar-refractivity contribution is -0.137. The zero-order valence-corrected chi connectivity index (χ0v) is 13.2. The lowest BCUT2D eigenvalue weighted by Crippen LogP contribution is -2.21. The summed E-state index contributed by atoms with van der Waals surface area (Å²) in [5, 5.41) is -0.446. The molecule has 5 heteroatoms. The van der Waals surface area contributed by atoms with Crippen molar-refractivity contribution >= 4 is 17.1 Å². The fourth-order valence-corrected chi connectivity index (χ4v) is 3.14. The number of hydrogen-bond acceptors (Lipinski definition) is 3. The number of methoxy groups -OCH3 is 1. The van der Waals surface area contributed by atoms with Gasteiger partial charge in [-0.2, -0.15) is 0 Å². The highest BCUT2D eigenvalue weighted by Gasteiger charge is 2.24. The molecule has 116 valence electrons. The fraction of sp³-hybridized carbons (Fsp3) is 0.235. The van der Waals surface area contributed by atoms with Gasteiger partial charge in [0.2, 0.25) is 5.75 Å². The van der Waals surface area contributed by atoms with Gasteiger partial charge in [0.25, 0.3) is 0 Å². The predicted molar refractivity (Wildman–Crippen MR) is 85.3 cm³/mol. The van der Waals surface area contributed by atoms with Crippen LogP contribution in [0.25, 0.3) is 11.1 Å². The molecule has 2 atom stereocenters. The van der Waals surface area contributed by atoms with E-state index in [-0.39, 0.29) is 11.6 Å². The van der Waals surface area contributed by atoms with Crippen LogP contribution in [-0.2, 0) is 20.7 Å². The van der Waals surface area contributed by atoms with E-state index in [2.05, 4.69) is 4.74 Å². The molecular formula is C17H17FO3S. The van der Waals surface area contributed by atoms with E-state index in [1.807, 2.05) is 30.3 Å². The molecule has 0 bridgehead atoms. The fourth-order valence-electron chi connectivity index (χ4n) is 2.09. The van der Waals surface area contributed by atoms with Gasteiger partial charge < -0.3 is 9.29 Å². The molecule has 0 aliphatic heterocycles. The Labute approximate surface area is 132 Å². The molecule has 2 rings (SSSR count). The molecule has 0 aromatic heterocycles. The highest BCUT2D eigenvalue weighted by Crippen LogP contribution is 2.28. The van der Waals surface area contributed by atoms with Crippen molar-refractivity contribution in [3.05, 3.63) is 59.9 Å². The average Bonchev–Trinajstić information content (AvgIpc) is 2.54. The molecule has 0 aliphatic carbocycles. The normalized spacial score (nSPS) is 13.5. The predicted octanol–water partition coefficient (Wildman–Crippen LogP) is 3.48. The largest absolute Gasteiger partial charge is 0.615 e. The third kappa shape index (κ3) is 3.87. The van der Waals surface area contributed by atoms with Gasteiger partial charge in [0.05, 0.1) is 7.11 Å². The molecule has 0 saturated carbocycles. The van der Waals surface area contributed by atoms with Crippen molar-refractivity contribution < 1.29 is 18.5 Å². The van der Waals surface area contributed by atoms with Gasteiger partial charge in [-0.15, -0.1) is 0 Å². The minimum Gasteiger partial charge on any atom is -0.615 e. The topological polar surface area (TPSA) is 49.4 Å². The van der Waals surface area contributed by atoms with Crippen LogP contribution < -0.4 is 0 Å². The second kappa shape index (κ2) is 7.42. The van der Waals surface area contributed by atoms with E-state index in [0.717, 1.165) is 5.56 Å². The second-order valence-electron chi connectivity index (χ2n) is 4.85. The number of hydrogen-bond donors (Lipinski definition) is 0. The van der Waals surface area contributed by atoms with Crippen LogP contribution >= 0.6 is 0 Å². The summed E-state index contributed by atoms with van der Waals surface area (Å²) in [4.78, 5) is 11.2. The second-order valence-corrected chi connectivity index (χ2v) is 6.61. The minimum absolute atomic E-state index is 0.195. The summed E-state index contributed by atoms with van der Waals surface area (Å²) in [6, 6.07) is 14.0. The van der Waals surface area contributed by atoms with Crippen molar-refractivity contribution in [2.75, 3.05) is 12.9 Å². The van der Waals surface area contributed by atoms with Crippen LogP contribution in [0.1, 0.15) is 17.7 Å². The molecule has 2 aromatic carbocycles. The van der Waals surface area contributed by atoms with E-state index in [9.17, 15) is 13.7 Å². The molecule has 0 aliphatic rings. The van der Waals surface area contributed by atoms with Gasteiger partial charge in [0, 0.05) is 11.1 Å². The Hall–Kier alpha value is -1.85. The van der Waals surface area contributed by atoms with Gasteiger partial charge in [0.15, 0.2) is 0 Å². The maximum atomic E-state index is 14.3. The van der Waals surface area contributed by atoms with Crippen molar-refractivity contribution in [2.24, 2.45) is 0 Å². The molecule has 22 heavy (non-hydrogen) atoms. The first-order valence-corrected chi connectivity index (χ1v) is 8.20. The van der Waals surface area contributed by atoms with Crippen molar-refractivity contribution in [3.63, 3.8) is 0 Å². The van der Waals surface area contributed by atoms with Gasteiger partial charge >= 0.3 is 5.97 Å². The molecule has 2 aromatic rings. The number of halogens is 1. The molecule has 0 radical (unpaired) electrons. The molecule has 0 saturated heterocycles. The quantitative estimate of drug-likeness (QED) is 0.626. The third-order valence-corrected chi connectivity index (χ3v) is 5.01. The summed E-state index contributed by atoms with van der Waals surface area (Å²) in [6.45, 7) is 1.70. The standard InChI is InChI=1S/C17H17FO3S/c1-12(22(20)11-17(19)21-2)14-8-9-15(16(18)10-14)13-6-4-3-5-7-13/h3-10,12H,11H2,1-2H3. The number of ether oxygens (including phenoxy) is 1. The maximum Gasteiger partial charge on any atom is 0.356 e. The first kappa shape index (κ1) is 16.5. The van der Waals surface area contributed by atoms with Gasteiger partial charge in [0.1, 0.15) is 11.1 Å². The molecule has 0 fully saturated rings. The van der Waals surface area contributed by atoms with Crippen LogP contribution in [0, 0.1) is 5.82 Å². The van der Waals surface area contributed by atoms with E-state index in [0.29, 0.717) is 11.1 Å². The minimum atomic E-state index is -1.45. The monoisotopic (exact) mass is 320 g/mol. The van der Waals surface area contributed by atoms with E-state index < -0.39 is 22.4 Å². The van der Waals surface area contributed by atoms with Gasteiger partial charge in [-0.05, 0) is 29.7 Å². The number of carbonyl (C=O) groups excluding carboxylic acids is 1. The zero-order chi connectivity index (χ0) is 16.1. The average molecular weight is 320 g/mol. The SMILES string of the molecule is COC(=O)C[S+]([O-])C(C)c1ccc(-c2ccccc2)c(F)c1. The molecule has 2 unspecified atom stereocenters. The van der Waals surface area contributed by atoms with Crippen molar-refractivity contribution in [3.8, 4) is 11.1 Å². The Balaban J connectivity index is 2.20. The first-order chi connectivity index (χ1) is 10.5. The van der Waals surface area contributed by atoms with Crippen molar-refractivity contribution in [1.82, 2.24) is 0 Å². The third-order valence-electron chi connectivity index (χ3n) is 3.43. The number of carbonyl (C=O) groups is 1. The Morgan fingerprint density at radius 3 is 2.55 bits per heavy atom. The Morgan fingerprint density at radius 2 is 1.95 bits per heavy atom. The molecule has 0 amide bonds. The summed E-state index contributed by atoms with van der Waals surface area (Å²) in [5.74, 6) is -1.10. The van der Waals surface area contributed by atoms with Crippen LogP contribution in [0.4, 0.5) is 4.39 Å². The Morgan fingerprint density at radius 1 is 1.27 bits per heavy atom. The molecule has 0 N–H and O–H groups in total. The summed E-state index contributed by atoms with van der Waals surface area (Å²) < 4.78 is 30.9. The first-order valence-electron chi connectivity index (χ1n) is 6.81. The number of esters is 1. The van der Waals surface area contributed by atoms with Crippen molar-refractivity contribution in [2.45, 2.75) is 12.2 Å². The van der Waals surface area contributed by atoms with Gasteiger partial charge in [-0.25, -0.2) is 9.18 Å². The molecule has 3 nitrogen and oxygen atoms in total. The molecule has 0 heterocycles. The smallest absolute Gasteiger partial charge is 0.356 e. The van der Waals surface area contributed by atoms with Crippen LogP contribution in [-0.4, -0.2) is 23.4 Å². The van der Waals surface area contributed by atoms with Crippen LogP contribution in [0.5, 0.6) is 0 Å². The summed E-state index contributed by atoms with van der Waals surface area (Å²) in [7, 11) is 1.25.